The third-order valence-electron chi connectivity index (χ3n) is 3.43. The van der Waals surface area contributed by atoms with Crippen LogP contribution in [0.25, 0.3) is 0 Å². The number of nitrogens with two attached hydrogens (primary N) is 1. The minimum absolute atomic E-state index is 0.118. The normalized spacial score (nSPS) is 29.7. The smallest absolute Gasteiger partial charge is 0.250 e. The summed E-state index contributed by atoms with van der Waals surface area (Å²) >= 11 is 0. The van der Waals surface area contributed by atoms with Gasteiger partial charge in [-0.15, -0.1) is 0 Å². The van der Waals surface area contributed by atoms with Crippen LogP contribution in [0, 0.1) is 11.3 Å². The van der Waals surface area contributed by atoms with Gasteiger partial charge in [0.2, 0.25) is 5.72 Å². The van der Waals surface area contributed by atoms with Crippen LogP contribution in [-0.4, -0.2) is 41.7 Å². The Balaban J connectivity index is 2.20. The quantitative estimate of drug-likeness (QED) is 0.830. The molecule has 0 radical (unpaired) electrons. The van der Waals surface area contributed by atoms with Gasteiger partial charge in [0.15, 0.2) is 5.84 Å². The molecule has 0 bridgehead atoms. The molecule has 0 saturated carbocycles. The van der Waals surface area contributed by atoms with Gasteiger partial charge in [-0.1, -0.05) is 12.7 Å². The Morgan fingerprint density at radius 2 is 2.50 bits per heavy atom. The number of rotatable bonds is 5. The van der Waals surface area contributed by atoms with E-state index in [-0.39, 0.29) is 18.0 Å². The summed E-state index contributed by atoms with van der Waals surface area (Å²) in [5.41, 5.74) is 5.19. The zero-order chi connectivity index (χ0) is 16.2. The lowest BCUT2D eigenvalue weighted by molar-refractivity contribution is -0.114. The number of nitriles is 1. The van der Waals surface area contributed by atoms with Crippen molar-refractivity contribution in [1.82, 2.24) is 5.01 Å². The molecule has 2 rings (SSSR count). The fourth-order valence-corrected chi connectivity index (χ4v) is 2.38. The van der Waals surface area contributed by atoms with Gasteiger partial charge in [-0.05, 0) is 26.3 Å². The summed E-state index contributed by atoms with van der Waals surface area (Å²) < 4.78 is 11.5. The molecule has 2 heterocycles. The molecule has 0 aromatic carbocycles. The zero-order valence-corrected chi connectivity index (χ0v) is 12.9. The van der Waals surface area contributed by atoms with E-state index >= 15 is 0 Å². The van der Waals surface area contributed by atoms with Crippen molar-refractivity contribution in [2.45, 2.75) is 44.6 Å². The molecule has 0 amide bonds. The lowest BCUT2D eigenvalue weighted by Crippen LogP contribution is -2.48. The number of hydrogen-bond donors (Lipinski definition) is 1. The number of hydrogen-bond acceptors (Lipinski definition) is 7. The van der Waals surface area contributed by atoms with E-state index in [1.54, 1.807) is 12.2 Å². The lowest BCUT2D eigenvalue weighted by Gasteiger charge is -2.35. The molecule has 0 aromatic rings. The number of amidine groups is 1. The molecule has 2 aliphatic heterocycles. The SMILES string of the molecule is C=C/C=C1/C(N)=NC=NN1[C@@]1(C#N)CC[C@@H](COC(C)C)O1. The minimum atomic E-state index is -1.20. The van der Waals surface area contributed by atoms with Crippen molar-refractivity contribution in [2.24, 2.45) is 15.8 Å². The van der Waals surface area contributed by atoms with E-state index in [1.165, 1.54) is 11.3 Å². The third kappa shape index (κ3) is 3.18. The summed E-state index contributed by atoms with van der Waals surface area (Å²) in [6.45, 7) is 8.02. The molecule has 1 fully saturated rings. The Kier molecular flexibility index (Phi) is 4.96. The van der Waals surface area contributed by atoms with Crippen LogP contribution in [0.1, 0.15) is 26.7 Å². The predicted molar refractivity (Wildman–Crippen MR) is 83.8 cm³/mol. The van der Waals surface area contributed by atoms with Gasteiger partial charge in [0.05, 0.1) is 18.8 Å². The number of aliphatic imine (C=N–C) groups is 1. The summed E-state index contributed by atoms with van der Waals surface area (Å²) in [4.78, 5) is 3.95. The molecule has 7 heteroatoms. The average molecular weight is 303 g/mol. The molecule has 0 unspecified atom stereocenters. The van der Waals surface area contributed by atoms with Crippen LogP contribution in [0.5, 0.6) is 0 Å². The first-order valence-electron chi connectivity index (χ1n) is 7.22. The van der Waals surface area contributed by atoms with Crippen LogP contribution < -0.4 is 5.73 Å². The predicted octanol–water partition coefficient (Wildman–Crippen LogP) is 1.50. The molecule has 0 spiro atoms. The van der Waals surface area contributed by atoms with Gasteiger partial charge in [0, 0.05) is 6.42 Å². The molecule has 0 aliphatic carbocycles. The molecule has 2 aliphatic rings. The zero-order valence-electron chi connectivity index (χ0n) is 12.9. The molecule has 0 aromatic heterocycles. The molecule has 2 atom stereocenters. The lowest BCUT2D eigenvalue weighted by atomic mass is 10.1. The van der Waals surface area contributed by atoms with Crippen LogP contribution in [0.4, 0.5) is 0 Å². The summed E-state index contributed by atoms with van der Waals surface area (Å²) in [6, 6.07) is 2.22. The van der Waals surface area contributed by atoms with Gasteiger partial charge in [-0.3, -0.25) is 0 Å². The number of hydrazone groups is 1. The van der Waals surface area contributed by atoms with E-state index < -0.39 is 5.72 Å². The molecular formula is C15H21N5O2. The van der Waals surface area contributed by atoms with E-state index in [4.69, 9.17) is 15.2 Å². The highest BCUT2D eigenvalue weighted by Gasteiger charge is 2.48. The molecule has 1 saturated heterocycles. The summed E-state index contributed by atoms with van der Waals surface area (Å²) in [5, 5.41) is 15.3. The third-order valence-corrected chi connectivity index (χ3v) is 3.43. The van der Waals surface area contributed by atoms with Gasteiger partial charge >= 0.3 is 0 Å². The molecule has 2 N–H and O–H groups in total. The van der Waals surface area contributed by atoms with Crippen LogP contribution in [0.2, 0.25) is 0 Å². The summed E-state index contributed by atoms with van der Waals surface area (Å²) in [6.07, 6.45) is 5.74. The first-order valence-corrected chi connectivity index (χ1v) is 7.22. The minimum Gasteiger partial charge on any atom is -0.382 e. The van der Waals surface area contributed by atoms with Gasteiger partial charge in [0.1, 0.15) is 18.1 Å². The Morgan fingerprint density at radius 3 is 3.14 bits per heavy atom. The molecule has 118 valence electrons. The van der Waals surface area contributed by atoms with Crippen LogP contribution in [0.15, 0.2) is 34.5 Å². The monoisotopic (exact) mass is 303 g/mol. The van der Waals surface area contributed by atoms with Gasteiger partial charge < -0.3 is 15.2 Å². The summed E-state index contributed by atoms with van der Waals surface area (Å²) in [7, 11) is 0. The van der Waals surface area contributed by atoms with E-state index in [0.29, 0.717) is 25.1 Å². The highest BCUT2D eigenvalue weighted by Crippen LogP contribution is 2.36. The first kappa shape index (κ1) is 16.2. The van der Waals surface area contributed by atoms with Crippen LogP contribution >= 0.6 is 0 Å². The molecular weight excluding hydrogens is 282 g/mol. The van der Waals surface area contributed by atoms with Crippen LogP contribution in [-0.2, 0) is 9.47 Å². The van der Waals surface area contributed by atoms with E-state index in [9.17, 15) is 5.26 Å². The Morgan fingerprint density at radius 1 is 1.73 bits per heavy atom. The highest BCUT2D eigenvalue weighted by atomic mass is 16.6. The van der Waals surface area contributed by atoms with E-state index in [0.717, 1.165) is 0 Å². The van der Waals surface area contributed by atoms with Crippen molar-refractivity contribution in [2.75, 3.05) is 6.61 Å². The standard InChI is InChI=1S/C15H21N5O2/c1-4-5-13-14(17)18-10-19-20(13)15(9-16)7-6-12(22-15)8-21-11(2)3/h4-5,10-12H,1,6-8H2,2-3H3,(H2,17,18,19)/b13-5-/t12-,15-/m0/s1. The maximum absolute atomic E-state index is 9.67. The maximum atomic E-state index is 9.67. The van der Waals surface area contributed by atoms with Gasteiger partial charge in [-0.2, -0.15) is 10.4 Å². The fourth-order valence-electron chi connectivity index (χ4n) is 2.38. The van der Waals surface area contributed by atoms with Crippen molar-refractivity contribution >= 4 is 12.2 Å². The highest BCUT2D eigenvalue weighted by molar-refractivity contribution is 6.01. The van der Waals surface area contributed by atoms with Gasteiger partial charge in [0.25, 0.3) is 0 Å². The largest absolute Gasteiger partial charge is 0.382 e. The van der Waals surface area contributed by atoms with Crippen LogP contribution in [0.3, 0.4) is 0 Å². The number of ether oxygens (including phenoxy) is 2. The van der Waals surface area contributed by atoms with Crippen molar-refractivity contribution in [3.63, 3.8) is 0 Å². The second-order valence-electron chi connectivity index (χ2n) is 5.40. The fraction of sp³-hybridized carbons (Fsp3) is 0.533. The molecule has 22 heavy (non-hydrogen) atoms. The average Bonchev–Trinajstić information content (AvgIpc) is 2.92. The second-order valence-corrected chi connectivity index (χ2v) is 5.40. The summed E-state index contributed by atoms with van der Waals surface area (Å²) in [5.74, 6) is 0.273. The maximum Gasteiger partial charge on any atom is 0.250 e. The second kappa shape index (κ2) is 6.73. The Bertz CT molecular complexity index is 561. The van der Waals surface area contributed by atoms with E-state index in [1.807, 2.05) is 13.8 Å². The first-order chi connectivity index (χ1) is 10.5. The van der Waals surface area contributed by atoms with Crippen molar-refractivity contribution in [3.05, 3.63) is 24.4 Å². The van der Waals surface area contributed by atoms with Gasteiger partial charge in [-0.25, -0.2) is 10.0 Å². The Hall–Kier alpha value is -2.17. The van der Waals surface area contributed by atoms with Crippen molar-refractivity contribution in [3.8, 4) is 6.07 Å². The topological polar surface area (TPSA) is 96.2 Å². The van der Waals surface area contributed by atoms with Crippen molar-refractivity contribution < 1.29 is 9.47 Å². The van der Waals surface area contributed by atoms with Crippen molar-refractivity contribution in [1.29, 1.82) is 5.26 Å². The number of allylic oxidation sites excluding steroid dienone is 2. The molecule has 7 nitrogen and oxygen atoms in total. The Labute approximate surface area is 130 Å². The number of nitrogens with zero attached hydrogens (tertiary/aromatic N) is 4. The van der Waals surface area contributed by atoms with E-state index in [2.05, 4.69) is 22.7 Å².